The molecule has 1 amide bonds. The van der Waals surface area contributed by atoms with Crippen LogP contribution in [-0.2, 0) is 6.54 Å². The van der Waals surface area contributed by atoms with E-state index in [4.69, 9.17) is 4.74 Å². The first kappa shape index (κ1) is 17.9. The second-order valence-corrected chi connectivity index (χ2v) is 6.50. The van der Waals surface area contributed by atoms with Crippen LogP contribution in [0.15, 0.2) is 83.3 Å². The molecule has 3 aromatic rings. The molecule has 3 aromatic carbocycles. The molecule has 0 fully saturated rings. The number of halogens is 1. The van der Waals surface area contributed by atoms with Crippen LogP contribution in [0, 0.1) is 0 Å². The fourth-order valence-corrected chi connectivity index (χ4v) is 2.57. The maximum Gasteiger partial charge on any atom is 0.343 e. The maximum absolute atomic E-state index is 12.1. The second kappa shape index (κ2) is 8.45. The number of carbonyl (C=O) groups is 2. The largest absolute Gasteiger partial charge is 0.423 e. The fraction of sp³-hybridized carbons (Fsp3) is 0.0476. The van der Waals surface area contributed by atoms with Crippen molar-refractivity contribution in [3.05, 3.63) is 100 Å². The quantitative estimate of drug-likeness (QED) is 0.494. The molecule has 0 saturated carbocycles. The molecule has 0 unspecified atom stereocenters. The van der Waals surface area contributed by atoms with E-state index in [-0.39, 0.29) is 5.91 Å². The second-order valence-electron chi connectivity index (χ2n) is 5.59. The monoisotopic (exact) mass is 409 g/mol. The number of esters is 1. The molecule has 0 radical (unpaired) electrons. The van der Waals surface area contributed by atoms with Crippen LogP contribution in [0.2, 0.25) is 0 Å². The number of carbonyl (C=O) groups excluding carboxylic acids is 2. The number of hydrogen-bond acceptors (Lipinski definition) is 3. The Morgan fingerprint density at radius 1 is 0.808 bits per heavy atom. The van der Waals surface area contributed by atoms with Crippen LogP contribution < -0.4 is 10.1 Å². The molecule has 5 heteroatoms. The number of nitrogens with one attached hydrogen (secondary N) is 1. The highest BCUT2D eigenvalue weighted by Crippen LogP contribution is 2.16. The Labute approximate surface area is 159 Å². The molecule has 0 atom stereocenters. The zero-order valence-electron chi connectivity index (χ0n) is 13.8. The third-order valence-electron chi connectivity index (χ3n) is 3.70. The van der Waals surface area contributed by atoms with Crippen molar-refractivity contribution in [1.29, 1.82) is 0 Å². The Kier molecular flexibility index (Phi) is 5.81. The third kappa shape index (κ3) is 4.80. The van der Waals surface area contributed by atoms with E-state index < -0.39 is 5.97 Å². The molecule has 0 aliphatic heterocycles. The van der Waals surface area contributed by atoms with E-state index in [1.807, 2.05) is 30.3 Å². The van der Waals surface area contributed by atoms with Gasteiger partial charge < -0.3 is 10.1 Å². The summed E-state index contributed by atoms with van der Waals surface area (Å²) in [5.74, 6) is -0.0879. The van der Waals surface area contributed by atoms with Gasteiger partial charge in [-0.15, -0.1) is 0 Å². The van der Waals surface area contributed by atoms with Gasteiger partial charge in [0.15, 0.2) is 0 Å². The third-order valence-corrected chi connectivity index (χ3v) is 4.23. The smallest absolute Gasteiger partial charge is 0.343 e. The van der Waals surface area contributed by atoms with Gasteiger partial charge >= 0.3 is 5.97 Å². The molecule has 0 saturated heterocycles. The van der Waals surface area contributed by atoms with Gasteiger partial charge in [0.25, 0.3) is 5.91 Å². The predicted octanol–water partition coefficient (Wildman–Crippen LogP) is 4.60. The molecule has 0 bridgehead atoms. The summed E-state index contributed by atoms with van der Waals surface area (Å²) >= 11 is 3.33. The van der Waals surface area contributed by atoms with Gasteiger partial charge in [0.2, 0.25) is 0 Å². The number of rotatable bonds is 5. The van der Waals surface area contributed by atoms with Gasteiger partial charge in [-0.25, -0.2) is 4.79 Å². The Hall–Kier alpha value is -2.92. The van der Waals surface area contributed by atoms with Crippen molar-refractivity contribution in [2.45, 2.75) is 6.54 Å². The average molecular weight is 410 g/mol. The summed E-state index contributed by atoms with van der Waals surface area (Å²) in [5, 5.41) is 2.86. The van der Waals surface area contributed by atoms with E-state index in [1.54, 1.807) is 48.5 Å². The Bertz CT molecular complexity index is 891. The van der Waals surface area contributed by atoms with Crippen molar-refractivity contribution >= 4 is 27.8 Å². The average Bonchev–Trinajstić information content (AvgIpc) is 2.68. The zero-order valence-corrected chi connectivity index (χ0v) is 15.4. The molecule has 0 spiro atoms. The minimum atomic E-state index is -0.414. The molecular weight excluding hydrogens is 394 g/mol. The van der Waals surface area contributed by atoms with Crippen molar-refractivity contribution in [2.24, 2.45) is 0 Å². The normalized spacial score (nSPS) is 10.2. The Morgan fingerprint density at radius 3 is 2.12 bits per heavy atom. The van der Waals surface area contributed by atoms with Gasteiger partial charge in [0.1, 0.15) is 5.75 Å². The van der Waals surface area contributed by atoms with E-state index >= 15 is 0 Å². The van der Waals surface area contributed by atoms with Crippen LogP contribution >= 0.6 is 15.9 Å². The van der Waals surface area contributed by atoms with Crippen molar-refractivity contribution < 1.29 is 14.3 Å². The van der Waals surface area contributed by atoms with Gasteiger partial charge in [-0.05, 0) is 54.1 Å². The van der Waals surface area contributed by atoms with E-state index in [1.165, 1.54) is 0 Å². The molecule has 3 rings (SSSR count). The summed E-state index contributed by atoms with van der Waals surface area (Å²) in [5.41, 5.74) is 2.01. The lowest BCUT2D eigenvalue weighted by Crippen LogP contribution is -2.22. The first-order valence-corrected chi connectivity index (χ1v) is 8.81. The van der Waals surface area contributed by atoms with Gasteiger partial charge in [-0.1, -0.05) is 46.3 Å². The van der Waals surface area contributed by atoms with Crippen molar-refractivity contribution in [1.82, 2.24) is 5.32 Å². The molecule has 4 nitrogen and oxygen atoms in total. The Balaban J connectivity index is 1.55. The molecule has 26 heavy (non-hydrogen) atoms. The van der Waals surface area contributed by atoms with Crippen LogP contribution in [0.1, 0.15) is 26.3 Å². The highest BCUT2D eigenvalue weighted by Gasteiger charge is 2.09. The lowest BCUT2D eigenvalue weighted by molar-refractivity contribution is 0.0734. The summed E-state index contributed by atoms with van der Waals surface area (Å²) in [6.07, 6.45) is 0. The first-order valence-electron chi connectivity index (χ1n) is 8.02. The standard InChI is InChI=1S/C21H16BrNO3/c22-18-10-8-17(9-11-18)21(25)26-19-12-6-15(7-13-19)14-23-20(24)16-4-2-1-3-5-16/h1-13H,14H2,(H,23,24). The predicted molar refractivity (Wildman–Crippen MR) is 103 cm³/mol. The van der Waals surface area contributed by atoms with Crippen LogP contribution in [0.5, 0.6) is 5.75 Å². The summed E-state index contributed by atoms with van der Waals surface area (Å²) in [7, 11) is 0. The zero-order chi connectivity index (χ0) is 18.4. The van der Waals surface area contributed by atoms with E-state index in [2.05, 4.69) is 21.2 Å². The number of ether oxygens (including phenoxy) is 1. The minimum Gasteiger partial charge on any atom is -0.423 e. The van der Waals surface area contributed by atoms with Crippen molar-refractivity contribution in [3.8, 4) is 5.75 Å². The Morgan fingerprint density at radius 2 is 1.46 bits per heavy atom. The first-order chi connectivity index (χ1) is 12.6. The molecule has 1 N–H and O–H groups in total. The highest BCUT2D eigenvalue weighted by molar-refractivity contribution is 9.10. The number of benzene rings is 3. The van der Waals surface area contributed by atoms with E-state index in [0.29, 0.717) is 23.4 Å². The van der Waals surface area contributed by atoms with Crippen LogP contribution in [-0.4, -0.2) is 11.9 Å². The molecular formula is C21H16BrNO3. The molecule has 0 aromatic heterocycles. The van der Waals surface area contributed by atoms with E-state index in [9.17, 15) is 9.59 Å². The summed E-state index contributed by atoms with van der Waals surface area (Å²) in [4.78, 5) is 24.1. The van der Waals surface area contributed by atoms with Crippen molar-refractivity contribution in [2.75, 3.05) is 0 Å². The van der Waals surface area contributed by atoms with Crippen LogP contribution in [0.25, 0.3) is 0 Å². The van der Waals surface area contributed by atoms with Gasteiger partial charge in [0, 0.05) is 16.6 Å². The SMILES string of the molecule is O=C(NCc1ccc(OC(=O)c2ccc(Br)cc2)cc1)c1ccccc1. The summed E-state index contributed by atoms with van der Waals surface area (Å²) in [6.45, 7) is 0.397. The van der Waals surface area contributed by atoms with Gasteiger partial charge in [-0.2, -0.15) is 0 Å². The molecule has 0 heterocycles. The molecule has 0 aliphatic carbocycles. The maximum atomic E-state index is 12.1. The summed E-state index contributed by atoms with van der Waals surface area (Å²) < 4.78 is 6.25. The van der Waals surface area contributed by atoms with Crippen LogP contribution in [0.4, 0.5) is 0 Å². The lowest BCUT2D eigenvalue weighted by atomic mass is 10.2. The van der Waals surface area contributed by atoms with Gasteiger partial charge in [-0.3, -0.25) is 4.79 Å². The fourth-order valence-electron chi connectivity index (χ4n) is 2.30. The van der Waals surface area contributed by atoms with Gasteiger partial charge in [0.05, 0.1) is 5.56 Å². The van der Waals surface area contributed by atoms with Crippen LogP contribution in [0.3, 0.4) is 0 Å². The summed E-state index contributed by atoms with van der Waals surface area (Å²) in [6, 6.07) is 23.1. The van der Waals surface area contributed by atoms with E-state index in [0.717, 1.165) is 10.0 Å². The minimum absolute atomic E-state index is 0.128. The topological polar surface area (TPSA) is 55.4 Å². The highest BCUT2D eigenvalue weighted by atomic mass is 79.9. The number of amides is 1. The molecule has 0 aliphatic rings. The number of hydrogen-bond donors (Lipinski definition) is 1. The lowest BCUT2D eigenvalue weighted by Gasteiger charge is -2.07. The molecule has 130 valence electrons. The van der Waals surface area contributed by atoms with Crippen molar-refractivity contribution in [3.63, 3.8) is 0 Å².